The number of piperazine rings is 1. The van der Waals surface area contributed by atoms with Crippen LogP contribution >= 0.6 is 0 Å². The van der Waals surface area contributed by atoms with Gasteiger partial charge in [-0.1, -0.05) is 24.3 Å². The molecule has 0 radical (unpaired) electrons. The number of carbonyl (C=O) groups is 2. The van der Waals surface area contributed by atoms with Crippen molar-refractivity contribution in [2.45, 2.75) is 0 Å². The molecule has 4 aromatic carbocycles. The molecule has 7 rings (SSSR count). The summed E-state index contributed by atoms with van der Waals surface area (Å²) in [7, 11) is 0. The van der Waals surface area contributed by atoms with E-state index in [-0.39, 0.29) is 23.0 Å². The molecule has 0 saturated carbocycles. The molecule has 1 aromatic heterocycles. The zero-order valence-corrected chi connectivity index (χ0v) is 23.1. The van der Waals surface area contributed by atoms with Crippen LogP contribution in [0.5, 0.6) is 11.5 Å². The van der Waals surface area contributed by atoms with E-state index in [2.05, 4.69) is 4.90 Å². The maximum atomic E-state index is 13.7. The molecule has 0 aliphatic carbocycles. The molecular formula is C33H27FN4O5. The third-order valence-corrected chi connectivity index (χ3v) is 7.84. The Kier molecular flexibility index (Phi) is 6.65. The average Bonchev–Trinajstić information content (AvgIpc) is 3.49. The SMILES string of the molecule is O=C(O)c1cc(N2CCN(C(=O)c3cn(-c4ccc5c(c4)OCCO5)c(-c4ccc(F)cc4)n3)CC2)cc2ccccc12. The Balaban J connectivity index is 1.16. The van der Waals surface area contributed by atoms with Gasteiger partial charge in [0.1, 0.15) is 30.5 Å². The molecule has 5 aromatic rings. The number of carbonyl (C=O) groups excluding carboxylic acids is 1. The molecule has 1 fully saturated rings. The van der Waals surface area contributed by atoms with Crippen LogP contribution in [0.4, 0.5) is 10.1 Å². The first-order valence-corrected chi connectivity index (χ1v) is 14.0. The standard InChI is InChI=1S/C33H27FN4O5/c34-23-7-5-21(6-8-23)31-35-28(20-38(31)24-9-10-29-30(19-24)43-16-15-42-29)32(39)37-13-11-36(12-14-37)25-17-22-3-1-2-4-26(22)27(18-25)33(40)41/h1-10,17-20H,11-16H2,(H,40,41). The highest BCUT2D eigenvalue weighted by Crippen LogP contribution is 2.34. The largest absolute Gasteiger partial charge is 0.486 e. The molecule has 1 amide bonds. The maximum Gasteiger partial charge on any atom is 0.336 e. The van der Waals surface area contributed by atoms with Crippen molar-refractivity contribution in [1.29, 1.82) is 0 Å². The summed E-state index contributed by atoms with van der Waals surface area (Å²) in [6.45, 7) is 2.88. The van der Waals surface area contributed by atoms with E-state index in [9.17, 15) is 19.1 Å². The molecule has 10 heteroatoms. The van der Waals surface area contributed by atoms with Crippen molar-refractivity contribution in [1.82, 2.24) is 14.5 Å². The highest BCUT2D eigenvalue weighted by atomic mass is 19.1. The number of imidazole rings is 1. The van der Waals surface area contributed by atoms with Crippen molar-refractivity contribution in [2.75, 3.05) is 44.3 Å². The van der Waals surface area contributed by atoms with E-state index in [0.29, 0.717) is 67.7 Å². The molecule has 9 nitrogen and oxygen atoms in total. The third-order valence-electron chi connectivity index (χ3n) is 7.84. The number of carboxylic acid groups (broad SMARTS) is 1. The summed E-state index contributed by atoms with van der Waals surface area (Å²) in [5, 5.41) is 11.3. The topological polar surface area (TPSA) is 97.1 Å². The lowest BCUT2D eigenvalue weighted by Crippen LogP contribution is -2.49. The van der Waals surface area contributed by atoms with Gasteiger partial charge in [-0.15, -0.1) is 0 Å². The number of carboxylic acids is 1. The molecule has 0 bridgehead atoms. The first-order valence-electron chi connectivity index (χ1n) is 14.0. The summed E-state index contributed by atoms with van der Waals surface area (Å²) in [4.78, 5) is 34.2. The van der Waals surface area contributed by atoms with Crippen molar-refractivity contribution < 1.29 is 28.6 Å². The van der Waals surface area contributed by atoms with E-state index in [0.717, 1.165) is 16.8 Å². The van der Waals surface area contributed by atoms with Crippen molar-refractivity contribution in [2.24, 2.45) is 0 Å². The molecule has 2 aliphatic heterocycles. The van der Waals surface area contributed by atoms with Crippen LogP contribution < -0.4 is 14.4 Å². The van der Waals surface area contributed by atoms with Crippen molar-refractivity contribution in [3.63, 3.8) is 0 Å². The highest BCUT2D eigenvalue weighted by molar-refractivity contribution is 6.05. The van der Waals surface area contributed by atoms with E-state index >= 15 is 0 Å². The fraction of sp³-hybridized carbons (Fsp3) is 0.182. The number of fused-ring (bicyclic) bond motifs is 2. The molecule has 216 valence electrons. The number of rotatable bonds is 5. The normalized spacial score (nSPS) is 14.6. The van der Waals surface area contributed by atoms with Crippen molar-refractivity contribution in [3.8, 4) is 28.6 Å². The number of amides is 1. The van der Waals surface area contributed by atoms with Crippen LogP contribution in [0.25, 0.3) is 27.8 Å². The first-order chi connectivity index (χ1) is 20.9. The van der Waals surface area contributed by atoms with Crippen molar-refractivity contribution >= 4 is 28.3 Å². The Morgan fingerprint density at radius 3 is 2.33 bits per heavy atom. The number of ether oxygens (including phenoxy) is 2. The predicted octanol–water partition coefficient (Wildman–Crippen LogP) is 5.26. The second-order valence-corrected chi connectivity index (χ2v) is 10.5. The second-order valence-electron chi connectivity index (χ2n) is 10.5. The summed E-state index contributed by atoms with van der Waals surface area (Å²) in [5.41, 5.74) is 2.71. The Morgan fingerprint density at radius 2 is 1.56 bits per heavy atom. The quantitative estimate of drug-likeness (QED) is 0.304. The van der Waals surface area contributed by atoms with Gasteiger partial charge >= 0.3 is 5.97 Å². The number of hydrogen-bond donors (Lipinski definition) is 1. The van der Waals surface area contributed by atoms with Crippen molar-refractivity contribution in [3.05, 3.63) is 102 Å². The van der Waals surface area contributed by atoms with Gasteiger partial charge in [0.15, 0.2) is 11.5 Å². The molecule has 3 heterocycles. The Morgan fingerprint density at radius 1 is 0.814 bits per heavy atom. The van der Waals surface area contributed by atoms with Gasteiger partial charge in [0, 0.05) is 49.7 Å². The Hall–Kier alpha value is -5.38. The predicted molar refractivity (Wildman–Crippen MR) is 159 cm³/mol. The van der Waals surface area contributed by atoms with Crippen LogP contribution in [0.2, 0.25) is 0 Å². The summed E-state index contributed by atoms with van der Waals surface area (Å²) in [5.74, 6) is 0.190. The first kappa shape index (κ1) is 26.5. The van der Waals surface area contributed by atoms with Crippen LogP contribution in [0.1, 0.15) is 20.8 Å². The minimum absolute atomic E-state index is 0.218. The van der Waals surface area contributed by atoms with E-state index in [1.807, 2.05) is 48.5 Å². The van der Waals surface area contributed by atoms with Gasteiger partial charge in [-0.25, -0.2) is 14.2 Å². The Labute approximate surface area is 246 Å². The van der Waals surface area contributed by atoms with Gasteiger partial charge in [0.25, 0.3) is 5.91 Å². The monoisotopic (exact) mass is 578 g/mol. The van der Waals surface area contributed by atoms with E-state index in [1.165, 1.54) is 12.1 Å². The number of aromatic carboxylic acids is 1. The summed E-state index contributed by atoms with van der Waals surface area (Å²) < 4.78 is 27.0. The second kappa shape index (κ2) is 10.8. The maximum absolute atomic E-state index is 13.7. The van der Waals surface area contributed by atoms with Gasteiger partial charge in [-0.05, 0) is 59.3 Å². The number of benzene rings is 4. The molecule has 43 heavy (non-hydrogen) atoms. The van der Waals surface area contributed by atoms with Gasteiger partial charge in [-0.2, -0.15) is 0 Å². The molecule has 0 atom stereocenters. The molecule has 1 N–H and O–H groups in total. The summed E-state index contributed by atoms with van der Waals surface area (Å²) in [6.07, 6.45) is 1.70. The van der Waals surface area contributed by atoms with E-state index < -0.39 is 5.97 Å². The minimum Gasteiger partial charge on any atom is -0.486 e. The fourth-order valence-electron chi connectivity index (χ4n) is 5.65. The molecule has 2 aliphatic rings. The van der Waals surface area contributed by atoms with Gasteiger partial charge in [0.2, 0.25) is 0 Å². The minimum atomic E-state index is -0.975. The van der Waals surface area contributed by atoms with Crippen LogP contribution in [0, 0.1) is 5.82 Å². The van der Waals surface area contributed by atoms with Crippen LogP contribution in [-0.4, -0.2) is 70.8 Å². The number of aromatic nitrogens is 2. The smallest absolute Gasteiger partial charge is 0.336 e. The van der Waals surface area contributed by atoms with Gasteiger partial charge in [0.05, 0.1) is 11.3 Å². The lowest BCUT2D eigenvalue weighted by Gasteiger charge is -2.36. The van der Waals surface area contributed by atoms with Gasteiger partial charge < -0.3 is 24.4 Å². The fourth-order valence-corrected chi connectivity index (χ4v) is 5.65. The molecule has 0 unspecified atom stereocenters. The van der Waals surface area contributed by atoms with E-state index in [4.69, 9.17) is 14.5 Å². The lowest BCUT2D eigenvalue weighted by molar-refractivity contribution is 0.0698. The zero-order valence-electron chi connectivity index (χ0n) is 23.1. The number of hydrogen-bond acceptors (Lipinski definition) is 6. The Bertz CT molecular complexity index is 1860. The third kappa shape index (κ3) is 5.01. The highest BCUT2D eigenvalue weighted by Gasteiger charge is 2.27. The van der Waals surface area contributed by atoms with Crippen LogP contribution in [0.3, 0.4) is 0 Å². The molecule has 0 spiro atoms. The van der Waals surface area contributed by atoms with Gasteiger partial charge in [-0.3, -0.25) is 9.36 Å². The number of nitrogens with zero attached hydrogens (tertiary/aromatic N) is 4. The van der Waals surface area contributed by atoms with Crippen LogP contribution in [0.15, 0.2) is 85.1 Å². The molecular weight excluding hydrogens is 551 g/mol. The zero-order chi connectivity index (χ0) is 29.5. The summed E-state index contributed by atoms with van der Waals surface area (Å²) in [6, 6.07) is 22.6. The van der Waals surface area contributed by atoms with E-state index in [1.54, 1.807) is 33.9 Å². The average molecular weight is 579 g/mol. The van der Waals surface area contributed by atoms with Crippen LogP contribution in [-0.2, 0) is 0 Å². The lowest BCUT2D eigenvalue weighted by atomic mass is 10.0. The molecule has 1 saturated heterocycles. The summed E-state index contributed by atoms with van der Waals surface area (Å²) >= 11 is 0. The number of halogens is 1. The number of anilines is 1.